The molecule has 0 fully saturated rings. The van der Waals surface area contributed by atoms with E-state index in [4.69, 9.17) is 4.74 Å². The minimum atomic E-state index is -3.56. The molecule has 0 aliphatic heterocycles. The van der Waals surface area contributed by atoms with Gasteiger partial charge in [0.25, 0.3) is 10.2 Å². The van der Waals surface area contributed by atoms with Crippen LogP contribution in [-0.4, -0.2) is 50.5 Å². The lowest BCUT2D eigenvalue weighted by Gasteiger charge is -2.21. The van der Waals surface area contributed by atoms with Gasteiger partial charge in [0.2, 0.25) is 0 Å². The van der Waals surface area contributed by atoms with E-state index in [1.807, 2.05) is 0 Å². The highest BCUT2D eigenvalue weighted by molar-refractivity contribution is 7.87. The molecule has 6 nitrogen and oxygen atoms in total. The molecule has 0 heterocycles. The van der Waals surface area contributed by atoms with Gasteiger partial charge >= 0.3 is 0 Å². The average molecular weight is 334 g/mol. The second kappa shape index (κ2) is 8.00. The van der Waals surface area contributed by atoms with Crippen molar-refractivity contribution in [3.63, 3.8) is 0 Å². The number of hydrogen-bond donors (Lipinski definition) is 1. The maximum atomic E-state index is 12.1. The molecule has 2 atom stereocenters. The first-order chi connectivity index (χ1) is 9.77. The van der Waals surface area contributed by atoms with Crippen LogP contribution in [0.3, 0.4) is 0 Å². The van der Waals surface area contributed by atoms with Crippen molar-refractivity contribution >= 4 is 21.0 Å². The van der Waals surface area contributed by atoms with Crippen molar-refractivity contribution in [3.8, 4) is 0 Å². The Morgan fingerprint density at radius 3 is 2.38 bits per heavy atom. The van der Waals surface area contributed by atoms with Crippen LogP contribution in [0.25, 0.3) is 0 Å². The lowest BCUT2D eigenvalue weighted by molar-refractivity contribution is 0.184. The van der Waals surface area contributed by atoms with E-state index < -0.39 is 21.0 Å². The summed E-state index contributed by atoms with van der Waals surface area (Å²) in [5.41, 5.74) is 0.813. The van der Waals surface area contributed by atoms with E-state index in [2.05, 4.69) is 4.72 Å². The summed E-state index contributed by atoms with van der Waals surface area (Å²) < 4.78 is 44.2. The molecule has 0 aliphatic carbocycles. The predicted molar refractivity (Wildman–Crippen MR) is 83.8 cm³/mol. The topological polar surface area (TPSA) is 75.7 Å². The fraction of sp³-hybridized carbons (Fsp3) is 0.538. The Hall–Kier alpha value is -0.800. The van der Waals surface area contributed by atoms with Crippen molar-refractivity contribution < 1.29 is 17.4 Å². The lowest BCUT2D eigenvalue weighted by Crippen LogP contribution is -2.40. The van der Waals surface area contributed by atoms with Gasteiger partial charge in [-0.05, 0) is 24.6 Å². The van der Waals surface area contributed by atoms with Crippen molar-refractivity contribution in [3.05, 3.63) is 29.8 Å². The normalized spacial score (nSPS) is 15.1. The van der Waals surface area contributed by atoms with Crippen LogP contribution in [0.1, 0.15) is 18.5 Å². The van der Waals surface area contributed by atoms with E-state index in [9.17, 15) is 12.6 Å². The Morgan fingerprint density at radius 1 is 1.33 bits per heavy atom. The maximum absolute atomic E-state index is 12.1. The summed E-state index contributed by atoms with van der Waals surface area (Å²) in [5.74, 6) is 0. The highest BCUT2D eigenvalue weighted by Crippen LogP contribution is 2.16. The summed E-state index contributed by atoms with van der Waals surface area (Å²) in [6.07, 6.45) is 1.60. The number of benzene rings is 1. The Bertz CT molecular complexity index is 572. The number of nitrogens with one attached hydrogen (secondary N) is 1. The van der Waals surface area contributed by atoms with Crippen molar-refractivity contribution in [2.24, 2.45) is 0 Å². The molecule has 120 valence electrons. The summed E-state index contributed by atoms with van der Waals surface area (Å²) in [5, 5.41) is 0. The van der Waals surface area contributed by atoms with Gasteiger partial charge < -0.3 is 4.74 Å². The summed E-state index contributed by atoms with van der Waals surface area (Å²) in [4.78, 5) is 0.714. The monoisotopic (exact) mass is 334 g/mol. The Morgan fingerprint density at radius 2 is 1.90 bits per heavy atom. The van der Waals surface area contributed by atoms with Gasteiger partial charge in [-0.1, -0.05) is 12.1 Å². The zero-order valence-corrected chi connectivity index (χ0v) is 14.3. The predicted octanol–water partition coefficient (Wildman–Crippen LogP) is 0.898. The van der Waals surface area contributed by atoms with Crippen molar-refractivity contribution in [2.45, 2.75) is 17.9 Å². The molecule has 0 radical (unpaired) electrons. The number of rotatable bonds is 8. The third-order valence-corrected chi connectivity index (χ3v) is 5.65. The lowest BCUT2D eigenvalue weighted by atomic mass is 10.1. The SMILES string of the molecule is COCCN(C)S(=O)(=O)N[C@@H](C)c1ccc([S@@](C)=O)cc1. The quantitative estimate of drug-likeness (QED) is 0.766. The zero-order valence-electron chi connectivity index (χ0n) is 12.7. The van der Waals surface area contributed by atoms with Crippen LogP contribution in [0.2, 0.25) is 0 Å². The Labute approximate surface area is 129 Å². The number of methoxy groups -OCH3 is 1. The third kappa shape index (κ3) is 5.48. The molecule has 0 aliphatic rings. The molecule has 0 saturated heterocycles. The van der Waals surface area contributed by atoms with Gasteiger partial charge in [-0.25, -0.2) is 0 Å². The van der Waals surface area contributed by atoms with E-state index in [0.717, 1.165) is 5.56 Å². The molecule has 0 spiro atoms. The molecule has 1 aromatic carbocycles. The first kappa shape index (κ1) is 18.2. The largest absolute Gasteiger partial charge is 0.383 e. The van der Waals surface area contributed by atoms with E-state index in [1.165, 1.54) is 18.5 Å². The van der Waals surface area contributed by atoms with E-state index >= 15 is 0 Å². The molecule has 1 aromatic rings. The number of likely N-dealkylation sites (N-methyl/N-ethyl adjacent to an activating group) is 1. The minimum absolute atomic E-state index is 0.284. The summed E-state index contributed by atoms with van der Waals surface area (Å²) in [6.45, 7) is 2.38. The Balaban J connectivity index is 2.75. The molecule has 0 saturated carbocycles. The maximum Gasteiger partial charge on any atom is 0.279 e. The third-order valence-electron chi connectivity index (χ3n) is 3.06. The number of nitrogens with zero attached hydrogens (tertiary/aromatic N) is 1. The van der Waals surface area contributed by atoms with Crippen molar-refractivity contribution in [2.75, 3.05) is 33.6 Å². The van der Waals surface area contributed by atoms with Crippen LogP contribution in [0.5, 0.6) is 0 Å². The smallest absolute Gasteiger partial charge is 0.279 e. The zero-order chi connectivity index (χ0) is 16.0. The first-order valence-electron chi connectivity index (χ1n) is 6.44. The van der Waals surface area contributed by atoms with Crippen molar-refractivity contribution in [1.82, 2.24) is 9.03 Å². The van der Waals surface area contributed by atoms with Gasteiger partial charge in [0.1, 0.15) is 0 Å². The molecule has 0 unspecified atom stereocenters. The second-order valence-electron chi connectivity index (χ2n) is 4.68. The van der Waals surface area contributed by atoms with Crippen LogP contribution in [-0.2, 0) is 25.7 Å². The van der Waals surface area contributed by atoms with Gasteiger partial charge in [-0.15, -0.1) is 0 Å². The fourth-order valence-corrected chi connectivity index (χ4v) is 3.27. The van der Waals surface area contributed by atoms with Crippen LogP contribution in [0, 0.1) is 0 Å². The number of hydrogen-bond acceptors (Lipinski definition) is 4. The molecular weight excluding hydrogens is 312 g/mol. The molecule has 1 rings (SSSR count). The van der Waals surface area contributed by atoms with E-state index in [0.29, 0.717) is 11.5 Å². The van der Waals surface area contributed by atoms with Gasteiger partial charge in [0, 0.05) is 48.7 Å². The standard InChI is InChI=1S/C13H22N2O4S2/c1-11(12-5-7-13(8-6-12)20(4)16)14-21(17,18)15(2)9-10-19-3/h5-8,11,14H,9-10H2,1-4H3/t11-,20+/m0/s1. The van der Waals surface area contributed by atoms with Crippen LogP contribution >= 0.6 is 0 Å². The van der Waals surface area contributed by atoms with E-state index in [1.54, 1.807) is 37.4 Å². The molecule has 8 heteroatoms. The average Bonchev–Trinajstić information content (AvgIpc) is 2.44. The van der Waals surface area contributed by atoms with Crippen molar-refractivity contribution in [1.29, 1.82) is 0 Å². The second-order valence-corrected chi connectivity index (χ2v) is 7.87. The minimum Gasteiger partial charge on any atom is -0.383 e. The fourth-order valence-electron chi connectivity index (χ4n) is 1.67. The summed E-state index contributed by atoms with van der Waals surface area (Å²) in [7, 11) is -1.58. The van der Waals surface area contributed by atoms with Gasteiger partial charge in [0.05, 0.1) is 6.61 Å². The molecule has 0 bridgehead atoms. The highest BCUT2D eigenvalue weighted by Gasteiger charge is 2.20. The molecule has 0 aromatic heterocycles. The first-order valence-corrected chi connectivity index (χ1v) is 9.43. The molecule has 0 amide bonds. The van der Waals surface area contributed by atoms with Crippen LogP contribution in [0.4, 0.5) is 0 Å². The molecule has 21 heavy (non-hydrogen) atoms. The summed E-state index contributed by atoms with van der Waals surface area (Å²) in [6, 6.07) is 6.66. The number of ether oxygens (including phenoxy) is 1. The highest BCUT2D eigenvalue weighted by atomic mass is 32.2. The van der Waals surface area contributed by atoms with E-state index in [-0.39, 0.29) is 12.6 Å². The molecular formula is C13H22N2O4S2. The summed E-state index contributed by atoms with van der Waals surface area (Å²) >= 11 is 0. The molecule has 1 N–H and O–H groups in total. The van der Waals surface area contributed by atoms with Gasteiger partial charge in [0.15, 0.2) is 0 Å². The van der Waals surface area contributed by atoms with Crippen LogP contribution < -0.4 is 4.72 Å². The van der Waals surface area contributed by atoms with Gasteiger partial charge in [-0.3, -0.25) is 4.21 Å². The Kier molecular flexibility index (Phi) is 6.95. The van der Waals surface area contributed by atoms with Crippen LogP contribution in [0.15, 0.2) is 29.2 Å². The van der Waals surface area contributed by atoms with Gasteiger partial charge in [-0.2, -0.15) is 17.4 Å².